The third kappa shape index (κ3) is 4.06. The Kier molecular flexibility index (Phi) is 5.27. The average Bonchev–Trinajstić information content (AvgIpc) is 2.73. The number of fused-ring (bicyclic) bond motifs is 1. The zero-order valence-electron chi connectivity index (χ0n) is 17.4. The lowest BCUT2D eigenvalue weighted by Gasteiger charge is -2.30. The Morgan fingerprint density at radius 1 is 0.967 bits per heavy atom. The summed E-state index contributed by atoms with van der Waals surface area (Å²) in [6.45, 7) is 6.43. The molecule has 0 aliphatic carbocycles. The molecular weight excluding hydrogens is 376 g/mol. The van der Waals surface area contributed by atoms with Gasteiger partial charge in [0.15, 0.2) is 6.61 Å². The molecule has 152 valence electrons. The molecule has 0 atom stereocenters. The largest absolute Gasteiger partial charge is 0.482 e. The van der Waals surface area contributed by atoms with Gasteiger partial charge in [0, 0.05) is 11.3 Å². The van der Waals surface area contributed by atoms with Crippen molar-refractivity contribution in [1.82, 2.24) is 0 Å². The number of nitrogens with zero attached hydrogens (tertiary/aromatic N) is 1. The number of anilines is 2. The van der Waals surface area contributed by atoms with E-state index in [0.29, 0.717) is 23.5 Å². The number of ether oxygens (including phenoxy) is 1. The SMILES string of the molecule is Cc1ccc(CN2C(=O)COc3ccc(C(=O)Nc4ccc(C)cc4C)cc32)cc1. The summed E-state index contributed by atoms with van der Waals surface area (Å²) < 4.78 is 5.59. The van der Waals surface area contributed by atoms with Gasteiger partial charge in [0.2, 0.25) is 0 Å². The Bertz CT molecular complexity index is 1120. The lowest BCUT2D eigenvalue weighted by Crippen LogP contribution is -2.38. The molecule has 0 saturated carbocycles. The molecule has 0 spiro atoms. The maximum Gasteiger partial charge on any atom is 0.265 e. The third-order valence-electron chi connectivity index (χ3n) is 5.26. The molecule has 0 radical (unpaired) electrons. The normalized spacial score (nSPS) is 12.9. The van der Waals surface area contributed by atoms with Crippen LogP contribution >= 0.6 is 0 Å². The summed E-state index contributed by atoms with van der Waals surface area (Å²) in [7, 11) is 0. The second kappa shape index (κ2) is 8.03. The smallest absolute Gasteiger partial charge is 0.265 e. The van der Waals surface area contributed by atoms with Crippen molar-refractivity contribution >= 4 is 23.2 Å². The van der Waals surface area contributed by atoms with Gasteiger partial charge < -0.3 is 15.0 Å². The van der Waals surface area contributed by atoms with Crippen LogP contribution in [0.3, 0.4) is 0 Å². The van der Waals surface area contributed by atoms with Crippen molar-refractivity contribution in [2.75, 3.05) is 16.8 Å². The van der Waals surface area contributed by atoms with E-state index < -0.39 is 0 Å². The highest BCUT2D eigenvalue weighted by Gasteiger charge is 2.26. The van der Waals surface area contributed by atoms with Gasteiger partial charge >= 0.3 is 0 Å². The predicted molar refractivity (Wildman–Crippen MR) is 118 cm³/mol. The molecule has 5 heteroatoms. The Labute approximate surface area is 176 Å². The first kappa shape index (κ1) is 19.7. The molecule has 0 saturated heterocycles. The highest BCUT2D eigenvalue weighted by molar-refractivity contribution is 6.07. The minimum absolute atomic E-state index is 0.00698. The van der Waals surface area contributed by atoms with Crippen LogP contribution in [0.25, 0.3) is 0 Å². The third-order valence-corrected chi connectivity index (χ3v) is 5.26. The van der Waals surface area contributed by atoms with Gasteiger partial charge in [-0.25, -0.2) is 0 Å². The highest BCUT2D eigenvalue weighted by atomic mass is 16.5. The zero-order chi connectivity index (χ0) is 21.3. The van der Waals surface area contributed by atoms with Crippen molar-refractivity contribution in [3.05, 3.63) is 88.5 Å². The first-order chi connectivity index (χ1) is 14.4. The van der Waals surface area contributed by atoms with E-state index >= 15 is 0 Å². The second-order valence-electron chi connectivity index (χ2n) is 7.71. The lowest BCUT2D eigenvalue weighted by atomic mass is 10.1. The van der Waals surface area contributed by atoms with E-state index in [-0.39, 0.29) is 18.4 Å². The molecule has 0 fully saturated rings. The van der Waals surface area contributed by atoms with Gasteiger partial charge in [-0.15, -0.1) is 0 Å². The summed E-state index contributed by atoms with van der Waals surface area (Å²) in [5.74, 6) is 0.248. The minimum Gasteiger partial charge on any atom is -0.482 e. The molecule has 1 heterocycles. The van der Waals surface area contributed by atoms with Gasteiger partial charge in [0.1, 0.15) is 5.75 Å². The fraction of sp³-hybridized carbons (Fsp3) is 0.200. The van der Waals surface area contributed by atoms with Gasteiger partial charge in [-0.3, -0.25) is 9.59 Å². The van der Waals surface area contributed by atoms with Gasteiger partial charge in [0.25, 0.3) is 11.8 Å². The van der Waals surface area contributed by atoms with Crippen LogP contribution in [-0.2, 0) is 11.3 Å². The van der Waals surface area contributed by atoms with Crippen molar-refractivity contribution in [2.24, 2.45) is 0 Å². The number of carbonyl (C=O) groups is 2. The Balaban J connectivity index is 1.61. The average molecular weight is 400 g/mol. The summed E-state index contributed by atoms with van der Waals surface area (Å²) in [5.41, 5.74) is 6.18. The van der Waals surface area contributed by atoms with Crippen LogP contribution in [0.2, 0.25) is 0 Å². The monoisotopic (exact) mass is 400 g/mol. The molecule has 5 nitrogen and oxygen atoms in total. The Morgan fingerprint density at radius 2 is 1.70 bits per heavy atom. The quantitative estimate of drug-likeness (QED) is 0.685. The van der Waals surface area contributed by atoms with E-state index in [4.69, 9.17) is 4.74 Å². The topological polar surface area (TPSA) is 58.6 Å². The first-order valence-electron chi connectivity index (χ1n) is 9.92. The summed E-state index contributed by atoms with van der Waals surface area (Å²) in [5, 5.41) is 2.96. The molecule has 4 rings (SSSR count). The van der Waals surface area contributed by atoms with E-state index in [1.165, 1.54) is 0 Å². The molecule has 3 aromatic carbocycles. The van der Waals surface area contributed by atoms with Crippen LogP contribution < -0.4 is 15.0 Å². The number of aryl methyl sites for hydroxylation is 3. The molecule has 1 N–H and O–H groups in total. The van der Waals surface area contributed by atoms with Crippen LogP contribution in [0.4, 0.5) is 11.4 Å². The maximum absolute atomic E-state index is 12.9. The maximum atomic E-state index is 12.9. The number of carbonyl (C=O) groups excluding carboxylic acids is 2. The zero-order valence-corrected chi connectivity index (χ0v) is 17.4. The number of nitrogens with one attached hydrogen (secondary N) is 1. The second-order valence-corrected chi connectivity index (χ2v) is 7.71. The summed E-state index contributed by atoms with van der Waals surface area (Å²) in [6.07, 6.45) is 0. The molecule has 0 bridgehead atoms. The molecule has 30 heavy (non-hydrogen) atoms. The van der Waals surface area contributed by atoms with Crippen molar-refractivity contribution in [3.63, 3.8) is 0 Å². The molecule has 1 aliphatic heterocycles. The molecular formula is C25H24N2O3. The van der Waals surface area contributed by atoms with Crippen molar-refractivity contribution in [3.8, 4) is 5.75 Å². The standard InChI is InChI=1S/C25H24N2O3/c1-16-4-7-19(8-5-16)14-27-22-13-20(9-11-23(22)30-15-24(27)28)25(29)26-21-10-6-17(2)12-18(21)3/h4-13H,14-15H2,1-3H3,(H,26,29). The van der Waals surface area contributed by atoms with Crippen molar-refractivity contribution in [1.29, 1.82) is 0 Å². The van der Waals surface area contributed by atoms with Gasteiger partial charge in [-0.2, -0.15) is 0 Å². The Morgan fingerprint density at radius 3 is 2.43 bits per heavy atom. The van der Waals surface area contributed by atoms with Gasteiger partial charge in [-0.05, 0) is 56.2 Å². The molecule has 0 aromatic heterocycles. The number of benzene rings is 3. The predicted octanol–water partition coefficient (Wildman–Crippen LogP) is 4.79. The van der Waals surface area contributed by atoms with Gasteiger partial charge in [0.05, 0.1) is 12.2 Å². The summed E-state index contributed by atoms with van der Waals surface area (Å²) in [4.78, 5) is 27.1. The minimum atomic E-state index is -0.224. The molecule has 3 aromatic rings. The molecule has 0 unspecified atom stereocenters. The fourth-order valence-electron chi connectivity index (χ4n) is 3.54. The van der Waals surface area contributed by atoms with Crippen LogP contribution in [0.1, 0.15) is 32.6 Å². The Hall–Kier alpha value is -3.60. The molecule has 2 amide bonds. The fourth-order valence-corrected chi connectivity index (χ4v) is 3.54. The van der Waals surface area contributed by atoms with Crippen LogP contribution in [-0.4, -0.2) is 18.4 Å². The van der Waals surface area contributed by atoms with E-state index in [0.717, 1.165) is 27.9 Å². The highest BCUT2D eigenvalue weighted by Crippen LogP contribution is 2.34. The summed E-state index contributed by atoms with van der Waals surface area (Å²) in [6, 6.07) is 19.1. The summed E-state index contributed by atoms with van der Waals surface area (Å²) >= 11 is 0. The number of hydrogen-bond acceptors (Lipinski definition) is 3. The number of rotatable bonds is 4. The van der Waals surface area contributed by atoms with Crippen LogP contribution in [0, 0.1) is 20.8 Å². The van der Waals surface area contributed by atoms with Gasteiger partial charge in [-0.1, -0.05) is 47.5 Å². The van der Waals surface area contributed by atoms with Crippen LogP contribution in [0.15, 0.2) is 60.7 Å². The van der Waals surface area contributed by atoms with Crippen LogP contribution in [0.5, 0.6) is 5.75 Å². The lowest BCUT2D eigenvalue weighted by molar-refractivity contribution is -0.121. The number of amides is 2. The van der Waals surface area contributed by atoms with E-state index in [1.54, 1.807) is 23.1 Å². The first-order valence-corrected chi connectivity index (χ1v) is 9.92. The van der Waals surface area contributed by atoms with Crippen molar-refractivity contribution in [2.45, 2.75) is 27.3 Å². The molecule has 1 aliphatic rings. The van der Waals surface area contributed by atoms with E-state index in [2.05, 4.69) is 5.32 Å². The van der Waals surface area contributed by atoms with E-state index in [9.17, 15) is 9.59 Å². The van der Waals surface area contributed by atoms with Crippen molar-refractivity contribution < 1.29 is 14.3 Å². The van der Waals surface area contributed by atoms with E-state index in [1.807, 2.05) is 63.2 Å². The number of hydrogen-bond donors (Lipinski definition) is 1.